The highest BCUT2D eigenvalue weighted by molar-refractivity contribution is 5.95. The molecule has 2 fully saturated rings. The number of hydrogen-bond donors (Lipinski definition) is 2. The number of rotatable bonds is 5. The molecule has 0 radical (unpaired) electrons. The van der Waals surface area contributed by atoms with Crippen molar-refractivity contribution in [3.05, 3.63) is 46.4 Å². The van der Waals surface area contributed by atoms with Crippen molar-refractivity contribution in [2.45, 2.75) is 95.5 Å². The Balaban J connectivity index is 1.63. The fraction of sp³-hybridized carbons (Fsp3) is 0.654. The van der Waals surface area contributed by atoms with Gasteiger partial charge in [-0.05, 0) is 56.7 Å². The Morgan fingerprint density at radius 2 is 1.76 bits per heavy atom. The predicted molar refractivity (Wildman–Crippen MR) is 121 cm³/mol. The molecule has 0 saturated heterocycles. The number of allylic oxidation sites excluding steroid dienone is 1. The Hall–Kier alpha value is -2.09. The second-order valence-corrected chi connectivity index (χ2v) is 10.1. The van der Waals surface area contributed by atoms with E-state index < -0.39 is 29.7 Å². The maximum atomic E-state index is 14.9. The Morgan fingerprint density at radius 3 is 2.44 bits per heavy atom. The van der Waals surface area contributed by atoms with Gasteiger partial charge in [-0.1, -0.05) is 32.1 Å². The SMILES string of the molecule is CC1=C(C(=O)N[C@@H]2CCCC[C@H]2O)CC(c2cc(C(F)(F)F)ccc2F)N1CC1CCCCC1. The molecule has 2 aliphatic carbocycles. The molecule has 1 unspecified atom stereocenters. The van der Waals surface area contributed by atoms with E-state index in [1.54, 1.807) is 6.92 Å². The maximum absolute atomic E-state index is 14.9. The molecule has 3 aliphatic rings. The second-order valence-electron chi connectivity index (χ2n) is 10.1. The first kappa shape index (κ1) is 25.0. The van der Waals surface area contributed by atoms with Gasteiger partial charge in [0, 0.05) is 29.8 Å². The van der Waals surface area contributed by atoms with E-state index in [0.717, 1.165) is 56.7 Å². The Bertz CT molecular complexity index is 924. The summed E-state index contributed by atoms with van der Waals surface area (Å²) in [6, 6.07) is 1.53. The molecule has 3 atom stereocenters. The number of halogens is 4. The summed E-state index contributed by atoms with van der Waals surface area (Å²) in [7, 11) is 0. The largest absolute Gasteiger partial charge is 0.416 e. The van der Waals surface area contributed by atoms with Crippen LogP contribution in [0.3, 0.4) is 0 Å². The molecule has 0 aromatic heterocycles. The molecule has 1 aliphatic heterocycles. The van der Waals surface area contributed by atoms with Crippen LogP contribution in [0.25, 0.3) is 0 Å². The fourth-order valence-corrected chi connectivity index (χ4v) is 5.82. The van der Waals surface area contributed by atoms with Crippen molar-refractivity contribution >= 4 is 5.91 Å². The molecule has 4 rings (SSSR count). The first-order chi connectivity index (χ1) is 16.1. The van der Waals surface area contributed by atoms with E-state index in [2.05, 4.69) is 5.32 Å². The average Bonchev–Trinajstić information content (AvgIpc) is 3.11. The predicted octanol–water partition coefficient (Wildman–Crippen LogP) is 5.87. The first-order valence-corrected chi connectivity index (χ1v) is 12.5. The quantitative estimate of drug-likeness (QED) is 0.517. The number of aliphatic hydroxyl groups excluding tert-OH is 1. The summed E-state index contributed by atoms with van der Waals surface area (Å²) < 4.78 is 55.1. The highest BCUT2D eigenvalue weighted by Crippen LogP contribution is 2.43. The third-order valence-electron chi connectivity index (χ3n) is 7.82. The molecular weight excluding hydrogens is 448 g/mol. The highest BCUT2D eigenvalue weighted by atomic mass is 19.4. The smallest absolute Gasteiger partial charge is 0.391 e. The highest BCUT2D eigenvalue weighted by Gasteiger charge is 2.39. The van der Waals surface area contributed by atoms with E-state index in [4.69, 9.17) is 0 Å². The number of nitrogens with one attached hydrogen (secondary N) is 1. The molecule has 1 amide bonds. The average molecular weight is 483 g/mol. The number of amides is 1. The van der Waals surface area contributed by atoms with Crippen LogP contribution in [0.15, 0.2) is 29.5 Å². The van der Waals surface area contributed by atoms with Gasteiger partial charge in [-0.3, -0.25) is 4.79 Å². The molecule has 8 heteroatoms. The zero-order valence-corrected chi connectivity index (χ0v) is 19.6. The van der Waals surface area contributed by atoms with E-state index in [9.17, 15) is 27.5 Å². The third kappa shape index (κ3) is 5.42. The molecule has 34 heavy (non-hydrogen) atoms. The summed E-state index contributed by atoms with van der Waals surface area (Å²) in [6.07, 6.45) is 3.57. The van der Waals surface area contributed by atoms with Crippen molar-refractivity contribution in [2.75, 3.05) is 6.54 Å². The van der Waals surface area contributed by atoms with E-state index >= 15 is 0 Å². The van der Waals surface area contributed by atoms with Gasteiger partial charge in [0.15, 0.2) is 0 Å². The minimum Gasteiger partial charge on any atom is -0.391 e. The summed E-state index contributed by atoms with van der Waals surface area (Å²) in [6.45, 7) is 2.40. The van der Waals surface area contributed by atoms with Crippen LogP contribution in [0.4, 0.5) is 17.6 Å². The van der Waals surface area contributed by atoms with E-state index in [1.165, 1.54) is 6.42 Å². The van der Waals surface area contributed by atoms with Crippen LogP contribution in [-0.4, -0.2) is 34.6 Å². The van der Waals surface area contributed by atoms with Crippen molar-refractivity contribution in [3.63, 3.8) is 0 Å². The molecule has 4 nitrogen and oxygen atoms in total. The van der Waals surface area contributed by atoms with Gasteiger partial charge in [0.2, 0.25) is 5.91 Å². The summed E-state index contributed by atoms with van der Waals surface area (Å²) in [4.78, 5) is 15.2. The van der Waals surface area contributed by atoms with Crippen LogP contribution in [0.2, 0.25) is 0 Å². The number of benzene rings is 1. The van der Waals surface area contributed by atoms with Crippen molar-refractivity contribution < 1.29 is 27.5 Å². The molecule has 0 spiro atoms. The van der Waals surface area contributed by atoms with E-state index in [-0.39, 0.29) is 23.9 Å². The standard InChI is InChI=1S/C26H34F4N2O2/c1-16-19(25(34)31-22-9-5-6-10-24(22)33)14-23(32(16)15-17-7-3-2-4-8-17)20-13-18(26(28,29)30)11-12-21(20)27/h11-13,17,22-24,33H,2-10,14-15H2,1H3,(H,31,34)/t22-,23?,24-/m1/s1. The lowest BCUT2D eigenvalue weighted by Gasteiger charge is -2.34. The Morgan fingerprint density at radius 1 is 1.09 bits per heavy atom. The molecule has 0 bridgehead atoms. The van der Waals surface area contributed by atoms with Crippen LogP contribution in [0.5, 0.6) is 0 Å². The van der Waals surface area contributed by atoms with Crippen LogP contribution >= 0.6 is 0 Å². The number of hydrogen-bond acceptors (Lipinski definition) is 3. The van der Waals surface area contributed by atoms with E-state index in [0.29, 0.717) is 36.6 Å². The van der Waals surface area contributed by atoms with Gasteiger partial charge in [-0.2, -0.15) is 13.2 Å². The van der Waals surface area contributed by atoms with Crippen molar-refractivity contribution in [1.29, 1.82) is 0 Å². The molecule has 2 N–H and O–H groups in total. The second kappa shape index (κ2) is 10.3. The number of aliphatic hydroxyl groups is 1. The number of alkyl halides is 3. The first-order valence-electron chi connectivity index (χ1n) is 12.5. The minimum absolute atomic E-state index is 0.0227. The minimum atomic E-state index is -4.57. The third-order valence-corrected chi connectivity index (χ3v) is 7.82. The van der Waals surface area contributed by atoms with Gasteiger partial charge < -0.3 is 15.3 Å². The normalized spacial score (nSPS) is 26.8. The van der Waals surface area contributed by atoms with Gasteiger partial charge in [-0.25, -0.2) is 4.39 Å². The monoisotopic (exact) mass is 482 g/mol. The summed E-state index contributed by atoms with van der Waals surface area (Å²) >= 11 is 0. The summed E-state index contributed by atoms with van der Waals surface area (Å²) in [5.74, 6) is -0.640. The van der Waals surface area contributed by atoms with Crippen LogP contribution in [0, 0.1) is 11.7 Å². The number of nitrogens with zero attached hydrogens (tertiary/aromatic N) is 1. The molecule has 1 aromatic rings. The molecule has 1 heterocycles. The molecule has 188 valence electrons. The lowest BCUT2D eigenvalue weighted by molar-refractivity contribution is -0.137. The molecular formula is C26H34F4N2O2. The van der Waals surface area contributed by atoms with Crippen LogP contribution in [-0.2, 0) is 11.0 Å². The molecule has 1 aromatic carbocycles. The van der Waals surface area contributed by atoms with Gasteiger partial charge in [0.05, 0.1) is 23.8 Å². The fourth-order valence-electron chi connectivity index (χ4n) is 5.82. The molecule has 2 saturated carbocycles. The summed E-state index contributed by atoms with van der Waals surface area (Å²) in [5, 5.41) is 13.2. The number of carbonyl (C=O) groups is 1. The van der Waals surface area contributed by atoms with Crippen molar-refractivity contribution in [3.8, 4) is 0 Å². The number of carbonyl (C=O) groups excluding carboxylic acids is 1. The summed E-state index contributed by atoms with van der Waals surface area (Å²) in [5.41, 5.74) is 0.249. The lowest BCUT2D eigenvalue weighted by Crippen LogP contribution is -2.45. The van der Waals surface area contributed by atoms with Gasteiger partial charge in [-0.15, -0.1) is 0 Å². The van der Waals surface area contributed by atoms with Crippen LogP contribution < -0.4 is 5.32 Å². The van der Waals surface area contributed by atoms with E-state index in [1.807, 2.05) is 4.90 Å². The topological polar surface area (TPSA) is 52.6 Å². The zero-order chi connectivity index (χ0) is 24.5. The Labute approximate surface area is 198 Å². The van der Waals surface area contributed by atoms with Gasteiger partial charge >= 0.3 is 6.18 Å². The van der Waals surface area contributed by atoms with Crippen LogP contribution in [0.1, 0.15) is 88.3 Å². The maximum Gasteiger partial charge on any atom is 0.416 e. The van der Waals surface area contributed by atoms with Crippen molar-refractivity contribution in [2.24, 2.45) is 5.92 Å². The van der Waals surface area contributed by atoms with Gasteiger partial charge in [0.1, 0.15) is 5.82 Å². The Kier molecular flexibility index (Phi) is 7.55. The lowest BCUT2D eigenvalue weighted by atomic mass is 9.88. The zero-order valence-electron chi connectivity index (χ0n) is 19.6. The van der Waals surface area contributed by atoms with Crippen molar-refractivity contribution in [1.82, 2.24) is 10.2 Å². The van der Waals surface area contributed by atoms with Gasteiger partial charge in [0.25, 0.3) is 0 Å².